The van der Waals surface area contributed by atoms with Crippen molar-refractivity contribution in [3.05, 3.63) is 42.1 Å². The molecule has 0 aliphatic heterocycles. The number of guanidine groups is 1. The molecule has 29 heavy (non-hydrogen) atoms. The van der Waals surface area contributed by atoms with Crippen molar-refractivity contribution in [2.75, 3.05) is 13.1 Å². The minimum Gasteiger partial charge on any atom is -0.388 e. The largest absolute Gasteiger partial charge is 0.388 e. The molecule has 0 bridgehead atoms. The third-order valence-electron chi connectivity index (χ3n) is 4.66. The highest BCUT2D eigenvalue weighted by Crippen LogP contribution is 2.18. The van der Waals surface area contributed by atoms with Crippen molar-refractivity contribution >= 4 is 29.9 Å². The van der Waals surface area contributed by atoms with Crippen LogP contribution in [0.5, 0.6) is 0 Å². The van der Waals surface area contributed by atoms with E-state index < -0.39 is 5.60 Å². The second kappa shape index (κ2) is 12.8. The predicted octanol–water partition coefficient (Wildman–Crippen LogP) is 3.58. The van der Waals surface area contributed by atoms with Gasteiger partial charge in [0.25, 0.3) is 0 Å². The molecule has 0 atom stereocenters. The van der Waals surface area contributed by atoms with E-state index in [1.165, 1.54) is 0 Å². The third kappa shape index (κ3) is 7.93. The lowest BCUT2D eigenvalue weighted by Gasteiger charge is -2.28. The number of aliphatic hydroxyl groups is 1. The van der Waals surface area contributed by atoms with E-state index in [4.69, 9.17) is 0 Å². The smallest absolute Gasteiger partial charge is 0.191 e. The third-order valence-corrected chi connectivity index (χ3v) is 4.66. The summed E-state index contributed by atoms with van der Waals surface area (Å²) in [5.41, 5.74) is 0.335. The monoisotopic (exact) mass is 514 g/mol. The molecule has 162 valence electrons. The zero-order valence-corrected chi connectivity index (χ0v) is 20.3. The van der Waals surface area contributed by atoms with Crippen LogP contribution in [0.1, 0.15) is 57.8 Å². The zero-order valence-electron chi connectivity index (χ0n) is 18.0. The molecule has 3 N–H and O–H groups in total. The van der Waals surface area contributed by atoms with Crippen LogP contribution in [0.4, 0.5) is 0 Å². The first-order valence-corrected chi connectivity index (χ1v) is 10.2. The molecule has 0 aromatic carbocycles. The first kappa shape index (κ1) is 25.4. The topological polar surface area (TPSA) is 87.4 Å². The van der Waals surface area contributed by atoms with E-state index in [1.54, 1.807) is 6.20 Å². The predicted molar refractivity (Wildman–Crippen MR) is 129 cm³/mol. The van der Waals surface area contributed by atoms with E-state index in [1.807, 2.05) is 42.9 Å². The summed E-state index contributed by atoms with van der Waals surface area (Å²) in [4.78, 5) is 13.4. The number of aryl methyl sites for hydroxylation is 1. The molecular formula is C21H35IN6O. The molecule has 0 saturated heterocycles. The molecule has 2 rings (SSSR count). The van der Waals surface area contributed by atoms with Crippen LogP contribution in [0, 0.1) is 6.92 Å². The summed E-state index contributed by atoms with van der Waals surface area (Å²) in [6.45, 7) is 9.97. The number of rotatable bonds is 10. The number of hydrogen-bond acceptors (Lipinski definition) is 4. The molecule has 0 aliphatic rings. The second-order valence-corrected chi connectivity index (χ2v) is 7.14. The van der Waals surface area contributed by atoms with E-state index in [-0.39, 0.29) is 24.0 Å². The Bertz CT molecular complexity index is 738. The fourth-order valence-corrected chi connectivity index (χ4v) is 3.27. The van der Waals surface area contributed by atoms with Gasteiger partial charge in [-0.05, 0) is 38.3 Å². The molecule has 0 spiro atoms. The van der Waals surface area contributed by atoms with Crippen molar-refractivity contribution in [3.8, 4) is 5.82 Å². The van der Waals surface area contributed by atoms with Crippen LogP contribution in [-0.4, -0.2) is 44.3 Å². The van der Waals surface area contributed by atoms with E-state index in [0.29, 0.717) is 19.0 Å². The Kier molecular flexibility index (Phi) is 11.2. The van der Waals surface area contributed by atoms with Gasteiger partial charge in [-0.1, -0.05) is 32.8 Å². The number of nitrogens with one attached hydrogen (secondary N) is 2. The Balaban J connectivity index is 0.00000420. The van der Waals surface area contributed by atoms with E-state index >= 15 is 0 Å². The summed E-state index contributed by atoms with van der Waals surface area (Å²) in [5, 5.41) is 17.3. The Labute approximate surface area is 191 Å². The van der Waals surface area contributed by atoms with Crippen LogP contribution < -0.4 is 10.6 Å². The van der Waals surface area contributed by atoms with E-state index in [0.717, 1.165) is 49.4 Å². The maximum Gasteiger partial charge on any atom is 0.191 e. The normalized spacial score (nSPS) is 11.8. The SMILES string of the molecule is CCCC(O)(CCC)CNC(=NCc1ccc(-n2ccnc2C)nc1)NCC.I. The van der Waals surface area contributed by atoms with Crippen molar-refractivity contribution in [2.45, 2.75) is 65.5 Å². The van der Waals surface area contributed by atoms with E-state index in [9.17, 15) is 5.11 Å². The van der Waals surface area contributed by atoms with Crippen molar-refractivity contribution in [2.24, 2.45) is 4.99 Å². The van der Waals surface area contributed by atoms with Gasteiger partial charge in [0, 0.05) is 31.7 Å². The van der Waals surface area contributed by atoms with Gasteiger partial charge in [0.15, 0.2) is 5.96 Å². The molecule has 0 radical (unpaired) electrons. The molecular weight excluding hydrogens is 479 g/mol. The number of aromatic nitrogens is 3. The first-order chi connectivity index (χ1) is 13.5. The zero-order chi connectivity index (χ0) is 20.4. The number of hydrogen-bond donors (Lipinski definition) is 3. The standard InChI is InChI=1S/C21H34N6O.HI/c1-5-10-21(28,11-6-2)16-26-20(22-7-3)25-15-18-8-9-19(24-14-18)27-13-12-23-17(27)4;/h8-9,12-14,28H,5-7,10-11,15-16H2,1-4H3,(H2,22,25,26);1H. The van der Waals surface area contributed by atoms with Gasteiger partial charge in [0.2, 0.25) is 0 Å². The number of halogens is 1. The molecule has 2 aromatic rings. The van der Waals surface area contributed by atoms with Gasteiger partial charge in [-0.2, -0.15) is 0 Å². The van der Waals surface area contributed by atoms with Gasteiger partial charge >= 0.3 is 0 Å². The Morgan fingerprint density at radius 3 is 2.38 bits per heavy atom. The van der Waals surface area contributed by atoms with Crippen LogP contribution in [0.2, 0.25) is 0 Å². The fourth-order valence-electron chi connectivity index (χ4n) is 3.27. The highest BCUT2D eigenvalue weighted by Gasteiger charge is 2.24. The van der Waals surface area contributed by atoms with Crippen LogP contribution >= 0.6 is 24.0 Å². The molecule has 8 heteroatoms. The number of imidazole rings is 1. The minimum absolute atomic E-state index is 0. The fraction of sp³-hybridized carbons (Fsp3) is 0.571. The average Bonchev–Trinajstić information content (AvgIpc) is 3.11. The summed E-state index contributed by atoms with van der Waals surface area (Å²) >= 11 is 0. The first-order valence-electron chi connectivity index (χ1n) is 10.2. The molecule has 0 amide bonds. The Morgan fingerprint density at radius 2 is 1.86 bits per heavy atom. The van der Waals surface area contributed by atoms with Crippen molar-refractivity contribution in [1.29, 1.82) is 0 Å². The van der Waals surface area contributed by atoms with Gasteiger partial charge in [0.1, 0.15) is 11.6 Å². The number of nitrogens with zero attached hydrogens (tertiary/aromatic N) is 4. The number of aliphatic imine (C=N–C) groups is 1. The van der Waals surface area contributed by atoms with Crippen molar-refractivity contribution in [1.82, 2.24) is 25.2 Å². The molecule has 0 unspecified atom stereocenters. The maximum absolute atomic E-state index is 10.8. The van der Waals surface area contributed by atoms with Crippen molar-refractivity contribution < 1.29 is 5.11 Å². The Morgan fingerprint density at radius 1 is 1.14 bits per heavy atom. The summed E-state index contributed by atoms with van der Waals surface area (Å²) in [6.07, 6.45) is 8.99. The lowest BCUT2D eigenvalue weighted by molar-refractivity contribution is 0.0257. The average molecular weight is 514 g/mol. The lowest BCUT2D eigenvalue weighted by Crippen LogP contribution is -2.47. The summed E-state index contributed by atoms with van der Waals surface area (Å²) < 4.78 is 1.95. The quantitative estimate of drug-likeness (QED) is 0.256. The molecule has 0 saturated carbocycles. The molecule has 2 heterocycles. The van der Waals surface area contributed by atoms with Crippen molar-refractivity contribution in [3.63, 3.8) is 0 Å². The van der Waals surface area contributed by atoms with Gasteiger partial charge in [-0.3, -0.25) is 4.57 Å². The van der Waals surface area contributed by atoms with Crippen LogP contribution in [0.3, 0.4) is 0 Å². The van der Waals surface area contributed by atoms with Gasteiger partial charge in [-0.25, -0.2) is 15.0 Å². The molecule has 0 aliphatic carbocycles. The summed E-state index contributed by atoms with van der Waals surface area (Å²) in [5.74, 6) is 2.46. The lowest BCUT2D eigenvalue weighted by atomic mass is 9.93. The molecule has 7 nitrogen and oxygen atoms in total. The van der Waals surface area contributed by atoms with E-state index in [2.05, 4.69) is 39.4 Å². The summed E-state index contributed by atoms with van der Waals surface area (Å²) in [6, 6.07) is 4.00. The van der Waals surface area contributed by atoms with Gasteiger partial charge in [-0.15, -0.1) is 24.0 Å². The molecule has 2 aromatic heterocycles. The van der Waals surface area contributed by atoms with Crippen LogP contribution in [-0.2, 0) is 6.54 Å². The van der Waals surface area contributed by atoms with Crippen LogP contribution in [0.25, 0.3) is 5.82 Å². The number of pyridine rings is 1. The van der Waals surface area contributed by atoms with Crippen LogP contribution in [0.15, 0.2) is 35.7 Å². The highest BCUT2D eigenvalue weighted by atomic mass is 127. The molecule has 0 fully saturated rings. The van der Waals surface area contributed by atoms with Gasteiger partial charge < -0.3 is 15.7 Å². The second-order valence-electron chi connectivity index (χ2n) is 7.14. The Hall–Kier alpha value is -1.68. The summed E-state index contributed by atoms with van der Waals surface area (Å²) in [7, 11) is 0. The maximum atomic E-state index is 10.8. The van der Waals surface area contributed by atoms with Gasteiger partial charge in [0.05, 0.1) is 12.1 Å². The minimum atomic E-state index is -0.689. The highest BCUT2D eigenvalue weighted by molar-refractivity contribution is 14.0.